The summed E-state index contributed by atoms with van der Waals surface area (Å²) in [4.78, 5) is 29.5. The van der Waals surface area contributed by atoms with E-state index in [1.807, 2.05) is 0 Å². The van der Waals surface area contributed by atoms with Crippen molar-refractivity contribution in [2.45, 2.75) is 20.8 Å². The summed E-state index contributed by atoms with van der Waals surface area (Å²) in [5.74, 6) is -1.31. The molecule has 102 valence electrons. The fraction of sp³-hybridized carbons (Fsp3) is 0.250. The summed E-state index contributed by atoms with van der Waals surface area (Å²) in [7, 11) is 0. The largest absolute Gasteiger partial charge is 0.366 e. The molecule has 6 heteroatoms. The second-order valence-electron chi connectivity index (χ2n) is 3.43. The van der Waals surface area contributed by atoms with Crippen LogP contribution in [-0.4, -0.2) is 17.7 Å². The van der Waals surface area contributed by atoms with Crippen molar-refractivity contribution in [1.29, 1.82) is 0 Å². The Morgan fingerprint density at radius 1 is 0.611 bits per heavy atom. The lowest BCUT2D eigenvalue weighted by molar-refractivity contribution is -0.115. The van der Waals surface area contributed by atoms with E-state index in [4.69, 9.17) is 17.2 Å². The van der Waals surface area contributed by atoms with Gasteiger partial charge in [-0.15, -0.1) is 0 Å². The lowest BCUT2D eigenvalue weighted by atomic mass is 10.3. The lowest BCUT2D eigenvalue weighted by Crippen LogP contribution is -2.10. The van der Waals surface area contributed by atoms with Gasteiger partial charge in [-0.3, -0.25) is 14.4 Å². The highest BCUT2D eigenvalue weighted by Gasteiger charge is 1.87. The van der Waals surface area contributed by atoms with E-state index in [0.717, 1.165) is 0 Å². The van der Waals surface area contributed by atoms with Crippen LogP contribution in [0.2, 0.25) is 0 Å². The molecule has 0 aliphatic rings. The minimum absolute atomic E-state index is 0.398. The number of carbonyl (C=O) groups excluding carboxylic acids is 3. The van der Waals surface area contributed by atoms with Gasteiger partial charge in [-0.2, -0.15) is 0 Å². The fourth-order valence-corrected chi connectivity index (χ4v) is 0. The highest BCUT2D eigenvalue weighted by molar-refractivity contribution is 5.91. The van der Waals surface area contributed by atoms with Gasteiger partial charge in [0.2, 0.25) is 17.7 Å². The first kappa shape index (κ1) is 21.0. The van der Waals surface area contributed by atoms with Gasteiger partial charge in [0.25, 0.3) is 0 Å². The maximum absolute atomic E-state index is 9.82. The number of rotatable bonds is 3. The van der Waals surface area contributed by atoms with Crippen LogP contribution in [0, 0.1) is 0 Å². The SMILES string of the molecule is C=C(C)C(N)=O.C=C(C)C(N)=O.C=C(C)C(N)=O. The minimum Gasteiger partial charge on any atom is -0.366 e. The Morgan fingerprint density at radius 3 is 0.667 bits per heavy atom. The molecule has 0 rings (SSSR count). The quantitative estimate of drug-likeness (QED) is 0.620. The van der Waals surface area contributed by atoms with E-state index >= 15 is 0 Å². The first-order valence-electron chi connectivity index (χ1n) is 4.79. The molecule has 0 bridgehead atoms. The Bertz CT molecular complexity index is 278. The second kappa shape index (κ2) is 11.1. The van der Waals surface area contributed by atoms with E-state index in [1.54, 1.807) is 20.8 Å². The topological polar surface area (TPSA) is 129 Å². The number of hydrogen-bond donors (Lipinski definition) is 3. The van der Waals surface area contributed by atoms with Gasteiger partial charge in [0.1, 0.15) is 0 Å². The van der Waals surface area contributed by atoms with Crippen LogP contribution in [0.25, 0.3) is 0 Å². The molecule has 0 aromatic heterocycles. The number of amides is 3. The van der Waals surface area contributed by atoms with Crippen LogP contribution in [0.1, 0.15) is 20.8 Å². The molecular formula is C12H21N3O3. The van der Waals surface area contributed by atoms with Gasteiger partial charge in [-0.05, 0) is 20.8 Å². The number of nitrogens with two attached hydrogens (primary N) is 3. The van der Waals surface area contributed by atoms with Gasteiger partial charge in [-0.1, -0.05) is 19.7 Å². The Morgan fingerprint density at radius 2 is 0.667 bits per heavy atom. The Hall–Kier alpha value is -2.37. The Balaban J connectivity index is -0.000000187. The molecule has 0 saturated carbocycles. The van der Waals surface area contributed by atoms with Crippen molar-refractivity contribution < 1.29 is 14.4 Å². The molecule has 0 aromatic rings. The normalized spacial score (nSPS) is 7.50. The standard InChI is InChI=1S/3C4H7NO/c3*1-3(2)4(5)6/h3*1H2,2H3,(H2,5,6). The second-order valence-corrected chi connectivity index (χ2v) is 3.43. The summed E-state index contributed by atoms with van der Waals surface area (Å²) in [6.45, 7) is 14.6. The van der Waals surface area contributed by atoms with Crippen molar-refractivity contribution >= 4 is 17.7 Å². The molecule has 0 radical (unpaired) electrons. The van der Waals surface area contributed by atoms with Gasteiger partial charge in [-0.25, -0.2) is 0 Å². The van der Waals surface area contributed by atoms with Crippen LogP contribution < -0.4 is 17.2 Å². The van der Waals surface area contributed by atoms with Crippen LogP contribution in [0.5, 0.6) is 0 Å². The molecule has 0 saturated heterocycles. The zero-order valence-electron chi connectivity index (χ0n) is 11.1. The molecule has 6 nitrogen and oxygen atoms in total. The van der Waals surface area contributed by atoms with Crippen molar-refractivity contribution in [3.05, 3.63) is 36.5 Å². The molecule has 0 aliphatic carbocycles. The molecular weight excluding hydrogens is 234 g/mol. The van der Waals surface area contributed by atoms with E-state index in [-0.39, 0.29) is 0 Å². The molecule has 0 fully saturated rings. The van der Waals surface area contributed by atoms with Crippen molar-refractivity contribution in [3.8, 4) is 0 Å². The number of carbonyl (C=O) groups is 3. The third kappa shape index (κ3) is 23.4. The van der Waals surface area contributed by atoms with Gasteiger partial charge < -0.3 is 17.2 Å². The molecule has 0 aromatic carbocycles. The van der Waals surface area contributed by atoms with Crippen molar-refractivity contribution in [3.63, 3.8) is 0 Å². The third-order valence-electron chi connectivity index (χ3n) is 1.26. The molecule has 6 N–H and O–H groups in total. The first-order valence-corrected chi connectivity index (χ1v) is 4.79. The van der Waals surface area contributed by atoms with E-state index in [0.29, 0.717) is 16.7 Å². The van der Waals surface area contributed by atoms with Crippen LogP contribution in [0.3, 0.4) is 0 Å². The summed E-state index contributed by atoms with van der Waals surface area (Å²) in [6.07, 6.45) is 0. The summed E-state index contributed by atoms with van der Waals surface area (Å²) in [5, 5.41) is 0. The van der Waals surface area contributed by atoms with Gasteiger partial charge in [0.15, 0.2) is 0 Å². The Labute approximate surface area is 107 Å². The van der Waals surface area contributed by atoms with Crippen molar-refractivity contribution in [1.82, 2.24) is 0 Å². The van der Waals surface area contributed by atoms with Gasteiger partial charge in [0.05, 0.1) is 0 Å². The summed E-state index contributed by atoms with van der Waals surface area (Å²) < 4.78 is 0. The van der Waals surface area contributed by atoms with Crippen LogP contribution >= 0.6 is 0 Å². The monoisotopic (exact) mass is 255 g/mol. The lowest BCUT2D eigenvalue weighted by Gasteiger charge is -1.81. The van der Waals surface area contributed by atoms with Crippen LogP contribution in [-0.2, 0) is 14.4 Å². The minimum atomic E-state index is -0.435. The van der Waals surface area contributed by atoms with E-state index in [2.05, 4.69) is 19.7 Å². The van der Waals surface area contributed by atoms with E-state index in [9.17, 15) is 14.4 Å². The molecule has 0 spiro atoms. The maximum Gasteiger partial charge on any atom is 0.243 e. The van der Waals surface area contributed by atoms with Crippen LogP contribution in [0.4, 0.5) is 0 Å². The molecule has 3 amide bonds. The maximum atomic E-state index is 9.82. The predicted octanol–water partition coefficient (Wildman–Crippen LogP) is 0.143. The average molecular weight is 255 g/mol. The average Bonchev–Trinajstić information content (AvgIpc) is 2.18. The third-order valence-corrected chi connectivity index (χ3v) is 1.26. The zero-order chi connectivity index (χ0) is 15.5. The first-order chi connectivity index (χ1) is 7.93. The molecule has 0 heterocycles. The van der Waals surface area contributed by atoms with Gasteiger partial charge in [0, 0.05) is 16.7 Å². The van der Waals surface area contributed by atoms with Crippen molar-refractivity contribution in [2.75, 3.05) is 0 Å². The summed E-state index contributed by atoms with van der Waals surface area (Å²) in [6, 6.07) is 0. The van der Waals surface area contributed by atoms with E-state index in [1.165, 1.54) is 0 Å². The number of primary amides is 3. The fourth-order valence-electron chi connectivity index (χ4n) is 0. The van der Waals surface area contributed by atoms with Crippen LogP contribution in [0.15, 0.2) is 36.5 Å². The number of hydrogen-bond acceptors (Lipinski definition) is 3. The van der Waals surface area contributed by atoms with E-state index < -0.39 is 17.7 Å². The molecule has 18 heavy (non-hydrogen) atoms. The summed E-state index contributed by atoms with van der Waals surface area (Å²) >= 11 is 0. The molecule has 0 aliphatic heterocycles. The smallest absolute Gasteiger partial charge is 0.243 e. The zero-order valence-corrected chi connectivity index (χ0v) is 11.1. The molecule has 0 atom stereocenters. The predicted molar refractivity (Wildman–Crippen MR) is 72.0 cm³/mol. The highest BCUT2D eigenvalue weighted by Crippen LogP contribution is 1.79. The Kier molecular flexibility index (Phi) is 13.0. The van der Waals surface area contributed by atoms with Gasteiger partial charge >= 0.3 is 0 Å². The summed E-state index contributed by atoms with van der Waals surface area (Å²) in [5.41, 5.74) is 15.3. The highest BCUT2D eigenvalue weighted by atomic mass is 16.1. The molecule has 0 unspecified atom stereocenters. The van der Waals surface area contributed by atoms with Crippen molar-refractivity contribution in [2.24, 2.45) is 17.2 Å².